The Kier molecular flexibility index (Phi) is 5.01. The number of carboxylic acid groups (broad SMARTS) is 1. The number of rotatable bonds is 6. The largest absolute Gasteiger partial charge is 0.497 e. The van der Waals surface area contributed by atoms with Crippen LogP contribution in [0.15, 0.2) is 48.5 Å². The summed E-state index contributed by atoms with van der Waals surface area (Å²) in [7, 11) is 3.13. The molecule has 5 heteroatoms. The fourth-order valence-corrected chi connectivity index (χ4v) is 2.42. The van der Waals surface area contributed by atoms with Gasteiger partial charge in [0, 0.05) is 5.92 Å². The zero-order valence-electron chi connectivity index (χ0n) is 12.5. The lowest BCUT2D eigenvalue weighted by atomic mass is 9.85. The van der Waals surface area contributed by atoms with Gasteiger partial charge in [-0.05, 0) is 35.4 Å². The third kappa shape index (κ3) is 3.38. The standard InChI is InChI=1S/C17H19NO4/c1-21-13-7-3-5-11(9-13)15(16(18)17(19)20)12-6-4-8-14(10-12)22-2/h3-10,15-16H,18H2,1-2H3,(H,19,20). The van der Waals surface area contributed by atoms with Crippen LogP contribution in [0.2, 0.25) is 0 Å². The lowest BCUT2D eigenvalue weighted by Crippen LogP contribution is -2.37. The van der Waals surface area contributed by atoms with Crippen molar-refractivity contribution in [1.29, 1.82) is 0 Å². The van der Waals surface area contributed by atoms with Crippen LogP contribution in [0.1, 0.15) is 17.0 Å². The number of hydrogen-bond donors (Lipinski definition) is 2. The van der Waals surface area contributed by atoms with E-state index in [1.165, 1.54) is 0 Å². The van der Waals surface area contributed by atoms with Crippen molar-refractivity contribution in [2.75, 3.05) is 14.2 Å². The molecule has 5 nitrogen and oxygen atoms in total. The van der Waals surface area contributed by atoms with Gasteiger partial charge in [0.2, 0.25) is 0 Å². The van der Waals surface area contributed by atoms with E-state index >= 15 is 0 Å². The molecule has 2 rings (SSSR count). The second-order valence-electron chi connectivity index (χ2n) is 4.89. The number of benzene rings is 2. The molecule has 0 aliphatic heterocycles. The zero-order valence-corrected chi connectivity index (χ0v) is 12.5. The Morgan fingerprint density at radius 2 is 1.45 bits per heavy atom. The maximum absolute atomic E-state index is 11.4. The summed E-state index contributed by atoms with van der Waals surface area (Å²) in [6, 6.07) is 13.5. The SMILES string of the molecule is COc1cccc(C(c2cccc(OC)c2)C(N)C(=O)O)c1. The van der Waals surface area contributed by atoms with Gasteiger partial charge in [0.1, 0.15) is 17.5 Å². The van der Waals surface area contributed by atoms with Crippen LogP contribution in [0.5, 0.6) is 11.5 Å². The highest BCUT2D eigenvalue weighted by molar-refractivity contribution is 5.76. The quantitative estimate of drug-likeness (QED) is 0.855. The minimum atomic E-state index is -1.07. The lowest BCUT2D eigenvalue weighted by molar-refractivity contribution is -0.138. The summed E-state index contributed by atoms with van der Waals surface area (Å²) < 4.78 is 10.4. The first-order valence-corrected chi connectivity index (χ1v) is 6.83. The van der Waals surface area contributed by atoms with E-state index in [1.54, 1.807) is 38.5 Å². The van der Waals surface area contributed by atoms with E-state index in [2.05, 4.69) is 0 Å². The van der Waals surface area contributed by atoms with Gasteiger partial charge in [-0.15, -0.1) is 0 Å². The summed E-state index contributed by atoms with van der Waals surface area (Å²) in [6.45, 7) is 0. The molecular formula is C17H19NO4. The highest BCUT2D eigenvalue weighted by Gasteiger charge is 2.28. The molecule has 0 aliphatic rings. The van der Waals surface area contributed by atoms with Crippen molar-refractivity contribution < 1.29 is 19.4 Å². The summed E-state index contributed by atoms with van der Waals surface area (Å²) in [6.07, 6.45) is 0. The zero-order chi connectivity index (χ0) is 16.1. The fraction of sp³-hybridized carbons (Fsp3) is 0.235. The van der Waals surface area contributed by atoms with Crippen molar-refractivity contribution in [3.8, 4) is 11.5 Å². The first-order chi connectivity index (χ1) is 10.6. The predicted molar refractivity (Wildman–Crippen MR) is 83.4 cm³/mol. The Hall–Kier alpha value is -2.53. The minimum absolute atomic E-state index is 0.498. The van der Waals surface area contributed by atoms with E-state index in [0.29, 0.717) is 11.5 Å². The molecular weight excluding hydrogens is 282 g/mol. The summed E-state index contributed by atoms with van der Waals surface area (Å²) >= 11 is 0. The summed E-state index contributed by atoms with van der Waals surface area (Å²) in [5.74, 6) is -0.246. The van der Waals surface area contributed by atoms with Crippen LogP contribution in [0.25, 0.3) is 0 Å². The molecule has 22 heavy (non-hydrogen) atoms. The molecule has 116 valence electrons. The third-order valence-electron chi connectivity index (χ3n) is 3.55. The molecule has 0 amide bonds. The number of methoxy groups -OCH3 is 2. The van der Waals surface area contributed by atoms with E-state index in [-0.39, 0.29) is 0 Å². The molecule has 0 aromatic heterocycles. The van der Waals surface area contributed by atoms with Crippen molar-refractivity contribution in [2.24, 2.45) is 5.73 Å². The normalized spacial score (nSPS) is 12.0. The number of aliphatic carboxylic acids is 1. The predicted octanol–water partition coefficient (Wildman–Crippen LogP) is 2.25. The summed E-state index contributed by atoms with van der Waals surface area (Å²) in [4.78, 5) is 11.4. The van der Waals surface area contributed by atoms with Gasteiger partial charge in [0.05, 0.1) is 14.2 Å². The van der Waals surface area contributed by atoms with E-state index in [1.807, 2.05) is 24.3 Å². The van der Waals surface area contributed by atoms with Crippen LogP contribution in [0, 0.1) is 0 Å². The van der Waals surface area contributed by atoms with Crippen molar-refractivity contribution in [1.82, 2.24) is 0 Å². The van der Waals surface area contributed by atoms with Crippen molar-refractivity contribution in [2.45, 2.75) is 12.0 Å². The maximum Gasteiger partial charge on any atom is 0.321 e. The average Bonchev–Trinajstić information content (AvgIpc) is 2.55. The summed E-state index contributed by atoms with van der Waals surface area (Å²) in [5.41, 5.74) is 7.49. The van der Waals surface area contributed by atoms with Gasteiger partial charge in [-0.3, -0.25) is 4.79 Å². The van der Waals surface area contributed by atoms with Crippen LogP contribution < -0.4 is 15.2 Å². The van der Waals surface area contributed by atoms with Crippen LogP contribution in [0.3, 0.4) is 0 Å². The van der Waals surface area contributed by atoms with Crippen LogP contribution in [-0.2, 0) is 4.79 Å². The fourth-order valence-electron chi connectivity index (χ4n) is 2.42. The maximum atomic E-state index is 11.4. The van der Waals surface area contributed by atoms with E-state index in [4.69, 9.17) is 15.2 Å². The highest BCUT2D eigenvalue weighted by atomic mass is 16.5. The van der Waals surface area contributed by atoms with E-state index in [0.717, 1.165) is 11.1 Å². The van der Waals surface area contributed by atoms with Gasteiger partial charge in [0.25, 0.3) is 0 Å². The third-order valence-corrected chi connectivity index (χ3v) is 3.55. The topological polar surface area (TPSA) is 81.8 Å². The van der Waals surface area contributed by atoms with Crippen LogP contribution in [0.4, 0.5) is 0 Å². The van der Waals surface area contributed by atoms with Crippen LogP contribution >= 0.6 is 0 Å². The van der Waals surface area contributed by atoms with Crippen molar-refractivity contribution >= 4 is 5.97 Å². The van der Waals surface area contributed by atoms with Gasteiger partial charge in [0.15, 0.2) is 0 Å². The molecule has 1 atom stereocenters. The Morgan fingerprint density at radius 1 is 1.00 bits per heavy atom. The first-order valence-electron chi connectivity index (χ1n) is 6.83. The number of hydrogen-bond acceptors (Lipinski definition) is 4. The molecule has 0 radical (unpaired) electrons. The van der Waals surface area contributed by atoms with Gasteiger partial charge >= 0.3 is 5.97 Å². The number of ether oxygens (including phenoxy) is 2. The minimum Gasteiger partial charge on any atom is -0.497 e. The smallest absolute Gasteiger partial charge is 0.321 e. The van der Waals surface area contributed by atoms with Gasteiger partial charge in [-0.25, -0.2) is 0 Å². The number of nitrogens with two attached hydrogens (primary N) is 1. The number of carbonyl (C=O) groups is 1. The Bertz CT molecular complexity index is 609. The van der Waals surface area contributed by atoms with Crippen molar-refractivity contribution in [3.05, 3.63) is 59.7 Å². The number of carboxylic acids is 1. The Morgan fingerprint density at radius 3 is 1.82 bits per heavy atom. The molecule has 0 fully saturated rings. The van der Waals surface area contributed by atoms with Gasteiger partial charge in [-0.1, -0.05) is 24.3 Å². The van der Waals surface area contributed by atoms with E-state index < -0.39 is 17.9 Å². The molecule has 1 unspecified atom stereocenters. The lowest BCUT2D eigenvalue weighted by Gasteiger charge is -2.22. The second-order valence-corrected chi connectivity index (χ2v) is 4.89. The second kappa shape index (κ2) is 6.95. The molecule has 0 aliphatic carbocycles. The highest BCUT2D eigenvalue weighted by Crippen LogP contribution is 2.31. The van der Waals surface area contributed by atoms with Gasteiger partial charge < -0.3 is 20.3 Å². The molecule has 0 spiro atoms. The van der Waals surface area contributed by atoms with Crippen molar-refractivity contribution in [3.63, 3.8) is 0 Å². The van der Waals surface area contributed by atoms with Gasteiger partial charge in [-0.2, -0.15) is 0 Å². The molecule has 2 aromatic carbocycles. The first kappa shape index (κ1) is 15.9. The summed E-state index contributed by atoms with van der Waals surface area (Å²) in [5, 5.41) is 9.34. The Labute approximate surface area is 129 Å². The molecule has 0 saturated carbocycles. The molecule has 0 saturated heterocycles. The Balaban J connectivity index is 2.52. The molecule has 2 aromatic rings. The van der Waals surface area contributed by atoms with E-state index in [9.17, 15) is 9.90 Å². The molecule has 3 N–H and O–H groups in total. The monoisotopic (exact) mass is 301 g/mol. The average molecular weight is 301 g/mol. The molecule has 0 heterocycles. The van der Waals surface area contributed by atoms with Crippen LogP contribution in [-0.4, -0.2) is 31.3 Å². The molecule has 0 bridgehead atoms.